The third kappa shape index (κ3) is 4.17. The summed E-state index contributed by atoms with van der Waals surface area (Å²) in [6.45, 7) is 3.04. The van der Waals surface area contributed by atoms with E-state index >= 15 is 0 Å². The molecule has 0 saturated heterocycles. The van der Waals surface area contributed by atoms with Gasteiger partial charge in [-0.25, -0.2) is 4.98 Å². The van der Waals surface area contributed by atoms with Gasteiger partial charge in [-0.05, 0) is 44.2 Å². The van der Waals surface area contributed by atoms with Gasteiger partial charge in [-0.1, -0.05) is 12.1 Å². The highest BCUT2D eigenvalue weighted by Crippen LogP contribution is 2.35. The van der Waals surface area contributed by atoms with E-state index in [2.05, 4.69) is 10.3 Å². The minimum Gasteiger partial charge on any atom is -0.321 e. The van der Waals surface area contributed by atoms with Crippen LogP contribution in [0.5, 0.6) is 0 Å². The summed E-state index contributed by atoms with van der Waals surface area (Å²) in [7, 11) is 0. The molecule has 0 aliphatic carbocycles. The summed E-state index contributed by atoms with van der Waals surface area (Å²) < 4.78 is 79.2. The molecule has 3 aromatic rings. The molecule has 3 rings (SSSR count). The van der Waals surface area contributed by atoms with Gasteiger partial charge in [0, 0.05) is 11.4 Å². The Bertz CT molecular complexity index is 1080. The van der Waals surface area contributed by atoms with Crippen LogP contribution in [-0.2, 0) is 12.4 Å². The Hall–Kier alpha value is -3.30. The van der Waals surface area contributed by atoms with Crippen molar-refractivity contribution in [2.75, 3.05) is 5.32 Å². The average Bonchev–Trinajstić information content (AvgIpc) is 2.95. The number of aromatic nitrogens is 2. The summed E-state index contributed by atoms with van der Waals surface area (Å²) in [5, 5.41) is 2.41. The van der Waals surface area contributed by atoms with Crippen LogP contribution >= 0.6 is 0 Å². The van der Waals surface area contributed by atoms with Gasteiger partial charge < -0.3 is 9.88 Å². The predicted octanol–water partition coefficient (Wildman–Crippen LogP) is 5.78. The van der Waals surface area contributed by atoms with Crippen molar-refractivity contribution in [2.45, 2.75) is 26.2 Å². The number of alkyl halides is 6. The van der Waals surface area contributed by atoms with Crippen molar-refractivity contribution < 1.29 is 31.1 Å². The normalized spacial score (nSPS) is 12.1. The number of hydrogen-bond donors (Lipinski definition) is 1. The molecule has 4 nitrogen and oxygen atoms in total. The predicted molar refractivity (Wildman–Crippen MR) is 97.4 cm³/mol. The Kier molecular flexibility index (Phi) is 5.36. The van der Waals surface area contributed by atoms with Crippen LogP contribution in [-0.4, -0.2) is 15.5 Å². The van der Waals surface area contributed by atoms with Gasteiger partial charge in [0.05, 0.1) is 28.7 Å². The maximum atomic E-state index is 13.4. The van der Waals surface area contributed by atoms with E-state index in [1.807, 2.05) is 0 Å². The fraction of sp³-hybridized carbons (Fsp3) is 0.200. The maximum absolute atomic E-state index is 13.4. The minimum absolute atomic E-state index is 0.0218. The first-order valence-corrected chi connectivity index (χ1v) is 8.59. The number of carbonyl (C=O) groups excluding carboxylic acids is 1. The van der Waals surface area contributed by atoms with Crippen LogP contribution in [0.1, 0.15) is 33.0 Å². The van der Waals surface area contributed by atoms with Crippen molar-refractivity contribution in [1.82, 2.24) is 9.55 Å². The number of hydrogen-bond acceptors (Lipinski definition) is 2. The van der Waals surface area contributed by atoms with Gasteiger partial charge in [0.15, 0.2) is 0 Å². The molecule has 10 heteroatoms. The lowest BCUT2D eigenvalue weighted by Crippen LogP contribution is -2.15. The first-order chi connectivity index (χ1) is 13.9. The van der Waals surface area contributed by atoms with Crippen molar-refractivity contribution in [1.29, 1.82) is 0 Å². The Labute approximate surface area is 167 Å². The van der Waals surface area contributed by atoms with E-state index in [1.165, 1.54) is 35.8 Å². The van der Waals surface area contributed by atoms with E-state index in [9.17, 15) is 31.1 Å². The first kappa shape index (κ1) is 21.4. The molecule has 0 aliphatic heterocycles. The monoisotopic (exact) mass is 427 g/mol. The van der Waals surface area contributed by atoms with Crippen molar-refractivity contribution in [3.05, 3.63) is 76.9 Å². The molecule has 0 aliphatic rings. The highest BCUT2D eigenvalue weighted by molar-refractivity contribution is 6.05. The SMILES string of the molecule is Cc1cc(C(=O)Nc2ccc(C(F)(F)F)nc2)c(C)n1-c1ccccc1C(F)(F)F. The highest BCUT2D eigenvalue weighted by atomic mass is 19.4. The molecule has 158 valence electrons. The number of rotatable bonds is 3. The van der Waals surface area contributed by atoms with Crippen LogP contribution in [0.4, 0.5) is 32.0 Å². The van der Waals surface area contributed by atoms with Crippen molar-refractivity contribution in [2.24, 2.45) is 0 Å². The lowest BCUT2D eigenvalue weighted by atomic mass is 10.1. The van der Waals surface area contributed by atoms with Crippen molar-refractivity contribution >= 4 is 11.6 Å². The lowest BCUT2D eigenvalue weighted by molar-refractivity contribution is -0.141. The number of benzene rings is 1. The van der Waals surface area contributed by atoms with Crippen LogP contribution in [0.2, 0.25) is 0 Å². The van der Waals surface area contributed by atoms with Gasteiger partial charge in [-0.15, -0.1) is 0 Å². The van der Waals surface area contributed by atoms with Crippen molar-refractivity contribution in [3.63, 3.8) is 0 Å². The standard InChI is InChI=1S/C20H15F6N3O/c1-11-9-14(18(30)28-13-7-8-17(27-10-13)20(24,25)26)12(2)29(11)16-6-4-3-5-15(16)19(21,22)23/h3-10H,1-2H3,(H,28,30). The molecular formula is C20H15F6N3O. The molecule has 0 bridgehead atoms. The molecule has 0 radical (unpaired) electrons. The number of nitrogens with zero attached hydrogens (tertiary/aromatic N) is 2. The van der Waals surface area contributed by atoms with E-state index < -0.39 is 29.5 Å². The van der Waals surface area contributed by atoms with Gasteiger partial charge in [0.25, 0.3) is 5.91 Å². The Morgan fingerprint density at radius 3 is 2.20 bits per heavy atom. The summed E-state index contributed by atoms with van der Waals surface area (Å²) in [4.78, 5) is 15.9. The smallest absolute Gasteiger partial charge is 0.321 e. The molecular weight excluding hydrogens is 412 g/mol. The maximum Gasteiger partial charge on any atom is 0.433 e. The second-order valence-electron chi connectivity index (χ2n) is 6.52. The third-order valence-corrected chi connectivity index (χ3v) is 4.44. The fourth-order valence-corrected chi connectivity index (χ4v) is 3.11. The fourth-order valence-electron chi connectivity index (χ4n) is 3.11. The van der Waals surface area contributed by atoms with Crippen LogP contribution in [0.3, 0.4) is 0 Å². The van der Waals surface area contributed by atoms with Gasteiger partial charge >= 0.3 is 12.4 Å². The number of pyridine rings is 1. The van der Waals surface area contributed by atoms with Gasteiger partial charge in [-0.2, -0.15) is 26.3 Å². The van der Waals surface area contributed by atoms with Crippen molar-refractivity contribution in [3.8, 4) is 5.69 Å². The molecule has 0 saturated carbocycles. The molecule has 1 amide bonds. The van der Waals surface area contributed by atoms with E-state index in [-0.39, 0.29) is 22.6 Å². The summed E-state index contributed by atoms with van der Waals surface area (Å²) in [5.41, 5.74) is -1.34. The number of para-hydroxylation sites is 1. The third-order valence-electron chi connectivity index (χ3n) is 4.44. The molecule has 0 fully saturated rings. The number of amides is 1. The number of halogens is 6. The zero-order valence-electron chi connectivity index (χ0n) is 15.7. The number of nitrogens with one attached hydrogen (secondary N) is 1. The Balaban J connectivity index is 1.94. The number of carbonyl (C=O) groups is 1. The largest absolute Gasteiger partial charge is 0.433 e. The van der Waals surface area contributed by atoms with E-state index in [0.717, 1.165) is 24.4 Å². The Morgan fingerprint density at radius 2 is 1.63 bits per heavy atom. The quantitative estimate of drug-likeness (QED) is 0.539. The topological polar surface area (TPSA) is 46.9 Å². The van der Waals surface area contributed by atoms with Gasteiger partial charge in [0.2, 0.25) is 0 Å². The molecule has 2 aromatic heterocycles. The Morgan fingerprint density at radius 1 is 0.967 bits per heavy atom. The molecule has 0 unspecified atom stereocenters. The summed E-state index contributed by atoms with van der Waals surface area (Å²) in [6, 6.07) is 8.15. The zero-order valence-corrected chi connectivity index (χ0v) is 15.7. The molecule has 1 aromatic carbocycles. The molecule has 0 atom stereocenters. The molecule has 1 N–H and O–H groups in total. The number of anilines is 1. The van der Waals surface area contributed by atoms with Gasteiger partial charge in [-0.3, -0.25) is 4.79 Å². The summed E-state index contributed by atoms with van der Waals surface area (Å²) in [5.74, 6) is -0.680. The van der Waals surface area contributed by atoms with Gasteiger partial charge in [0.1, 0.15) is 5.69 Å². The number of aryl methyl sites for hydroxylation is 1. The first-order valence-electron chi connectivity index (χ1n) is 8.59. The second kappa shape index (κ2) is 7.51. The van der Waals surface area contributed by atoms with Crippen LogP contribution in [0.15, 0.2) is 48.7 Å². The van der Waals surface area contributed by atoms with E-state index in [1.54, 1.807) is 6.92 Å². The average molecular weight is 427 g/mol. The zero-order chi connectivity index (χ0) is 22.3. The lowest BCUT2D eigenvalue weighted by Gasteiger charge is -2.16. The summed E-state index contributed by atoms with van der Waals surface area (Å²) in [6.07, 6.45) is -8.34. The molecule has 0 spiro atoms. The molecule has 30 heavy (non-hydrogen) atoms. The minimum atomic E-state index is -4.61. The van der Waals surface area contributed by atoms with E-state index in [0.29, 0.717) is 5.69 Å². The van der Waals surface area contributed by atoms with Crippen LogP contribution in [0, 0.1) is 13.8 Å². The highest BCUT2D eigenvalue weighted by Gasteiger charge is 2.35. The second-order valence-corrected chi connectivity index (χ2v) is 6.52. The van der Waals surface area contributed by atoms with Crippen LogP contribution < -0.4 is 5.32 Å². The molecule has 2 heterocycles. The van der Waals surface area contributed by atoms with E-state index in [4.69, 9.17) is 0 Å². The van der Waals surface area contributed by atoms with Crippen LogP contribution in [0.25, 0.3) is 5.69 Å². The summed E-state index contributed by atoms with van der Waals surface area (Å²) >= 11 is 0.